The van der Waals surface area contributed by atoms with Crippen LogP contribution in [0, 0.1) is 0 Å². The maximum absolute atomic E-state index is 5.46. The third kappa shape index (κ3) is 4.06. The van der Waals surface area contributed by atoms with Gasteiger partial charge in [-0.25, -0.2) is 0 Å². The lowest BCUT2D eigenvalue weighted by Gasteiger charge is -2.23. The number of morpholine rings is 1. The number of rotatable bonds is 5. The van der Waals surface area contributed by atoms with E-state index in [1.165, 1.54) is 16.8 Å². The predicted molar refractivity (Wildman–Crippen MR) is 87.6 cm³/mol. The molecule has 3 nitrogen and oxygen atoms in total. The Hall–Kier alpha value is -1.84. The van der Waals surface area contributed by atoms with Gasteiger partial charge in [0, 0.05) is 24.8 Å². The number of hydrogen-bond donors (Lipinski definition) is 2. The first kappa shape index (κ1) is 14.1. The Balaban J connectivity index is 1.50. The van der Waals surface area contributed by atoms with Gasteiger partial charge in [-0.3, -0.25) is 0 Å². The van der Waals surface area contributed by atoms with Crippen molar-refractivity contribution in [1.82, 2.24) is 5.32 Å². The second-order valence-corrected chi connectivity index (χ2v) is 5.38. The molecule has 1 atom stereocenters. The van der Waals surface area contributed by atoms with Gasteiger partial charge in [0.15, 0.2) is 0 Å². The molecule has 0 amide bonds. The Labute approximate surface area is 126 Å². The molecule has 1 aliphatic rings. The lowest BCUT2D eigenvalue weighted by molar-refractivity contribution is 0.0753. The Bertz CT molecular complexity index is 533. The molecule has 2 aromatic rings. The van der Waals surface area contributed by atoms with E-state index in [4.69, 9.17) is 4.74 Å². The zero-order valence-electron chi connectivity index (χ0n) is 12.2. The summed E-state index contributed by atoms with van der Waals surface area (Å²) in [4.78, 5) is 0. The maximum Gasteiger partial charge on any atom is 0.0620 e. The fourth-order valence-corrected chi connectivity index (χ4v) is 2.61. The summed E-state index contributed by atoms with van der Waals surface area (Å²) < 4.78 is 5.46. The molecule has 3 rings (SSSR count). The number of anilines is 1. The van der Waals surface area contributed by atoms with Crippen LogP contribution >= 0.6 is 0 Å². The van der Waals surface area contributed by atoms with E-state index < -0.39 is 0 Å². The van der Waals surface area contributed by atoms with Crippen molar-refractivity contribution in [3.8, 4) is 11.1 Å². The van der Waals surface area contributed by atoms with Gasteiger partial charge >= 0.3 is 0 Å². The minimum atomic E-state index is 0.481. The van der Waals surface area contributed by atoms with Crippen LogP contribution in [0.4, 0.5) is 5.69 Å². The molecule has 2 N–H and O–H groups in total. The fourth-order valence-electron chi connectivity index (χ4n) is 2.61. The van der Waals surface area contributed by atoms with Crippen molar-refractivity contribution in [2.45, 2.75) is 12.5 Å². The quantitative estimate of drug-likeness (QED) is 0.884. The highest BCUT2D eigenvalue weighted by atomic mass is 16.5. The van der Waals surface area contributed by atoms with E-state index in [0.717, 1.165) is 32.7 Å². The van der Waals surface area contributed by atoms with E-state index in [1.54, 1.807) is 0 Å². The fraction of sp³-hybridized carbons (Fsp3) is 0.333. The third-order valence-corrected chi connectivity index (χ3v) is 3.81. The lowest BCUT2D eigenvalue weighted by atomic mass is 10.1. The first-order valence-corrected chi connectivity index (χ1v) is 7.62. The topological polar surface area (TPSA) is 33.3 Å². The molecule has 110 valence electrons. The number of nitrogens with one attached hydrogen (secondary N) is 2. The molecule has 0 spiro atoms. The van der Waals surface area contributed by atoms with E-state index in [9.17, 15) is 0 Å². The van der Waals surface area contributed by atoms with Gasteiger partial charge in [-0.2, -0.15) is 0 Å². The normalized spacial score (nSPS) is 18.4. The largest absolute Gasteiger partial charge is 0.385 e. The van der Waals surface area contributed by atoms with Gasteiger partial charge in [0.2, 0.25) is 0 Å². The summed E-state index contributed by atoms with van der Waals surface area (Å²) >= 11 is 0. The number of ether oxygens (including phenoxy) is 1. The van der Waals surface area contributed by atoms with Crippen molar-refractivity contribution in [2.24, 2.45) is 0 Å². The van der Waals surface area contributed by atoms with E-state index in [0.29, 0.717) is 6.04 Å². The summed E-state index contributed by atoms with van der Waals surface area (Å²) in [7, 11) is 0. The minimum absolute atomic E-state index is 0.481. The molecule has 3 heteroatoms. The average Bonchev–Trinajstić information content (AvgIpc) is 2.57. The molecule has 1 aliphatic heterocycles. The van der Waals surface area contributed by atoms with Crippen LogP contribution in [0.1, 0.15) is 6.42 Å². The SMILES string of the molecule is c1ccc(-c2ccc(NCCC3COCCN3)cc2)cc1. The van der Waals surface area contributed by atoms with Crippen molar-refractivity contribution in [3.63, 3.8) is 0 Å². The summed E-state index contributed by atoms with van der Waals surface area (Å²) in [6, 6.07) is 19.6. The van der Waals surface area contributed by atoms with E-state index in [2.05, 4.69) is 59.2 Å². The molecule has 0 aliphatic carbocycles. The van der Waals surface area contributed by atoms with Gasteiger partial charge in [0.1, 0.15) is 0 Å². The molecule has 1 fully saturated rings. The van der Waals surface area contributed by atoms with Gasteiger partial charge in [-0.05, 0) is 29.7 Å². The smallest absolute Gasteiger partial charge is 0.0620 e. The summed E-state index contributed by atoms with van der Waals surface area (Å²) in [6.45, 7) is 3.60. The van der Waals surface area contributed by atoms with Gasteiger partial charge in [-0.1, -0.05) is 42.5 Å². The number of benzene rings is 2. The molecular formula is C18H22N2O. The highest BCUT2D eigenvalue weighted by Gasteiger charge is 2.11. The van der Waals surface area contributed by atoms with Crippen molar-refractivity contribution < 1.29 is 4.74 Å². The zero-order chi connectivity index (χ0) is 14.3. The molecule has 0 aromatic heterocycles. The van der Waals surface area contributed by atoms with Gasteiger partial charge < -0.3 is 15.4 Å². The molecule has 1 saturated heterocycles. The van der Waals surface area contributed by atoms with Gasteiger partial charge in [-0.15, -0.1) is 0 Å². The van der Waals surface area contributed by atoms with Crippen molar-refractivity contribution in [2.75, 3.05) is 31.6 Å². The first-order chi connectivity index (χ1) is 10.4. The Morgan fingerprint density at radius 2 is 1.76 bits per heavy atom. The Morgan fingerprint density at radius 1 is 1.00 bits per heavy atom. The van der Waals surface area contributed by atoms with Crippen LogP contribution in [-0.2, 0) is 4.74 Å². The lowest BCUT2D eigenvalue weighted by Crippen LogP contribution is -2.42. The standard InChI is InChI=1S/C18H22N2O/c1-2-4-15(5-3-1)16-6-8-17(9-7-16)19-11-10-18-14-21-13-12-20-18/h1-9,18-20H,10-14H2. The summed E-state index contributed by atoms with van der Waals surface area (Å²) in [5, 5.41) is 6.95. The van der Waals surface area contributed by atoms with E-state index in [-0.39, 0.29) is 0 Å². The van der Waals surface area contributed by atoms with Crippen LogP contribution < -0.4 is 10.6 Å². The molecule has 2 aromatic carbocycles. The van der Waals surface area contributed by atoms with Crippen molar-refractivity contribution in [3.05, 3.63) is 54.6 Å². The monoisotopic (exact) mass is 282 g/mol. The summed E-state index contributed by atoms with van der Waals surface area (Å²) in [5.41, 5.74) is 3.68. The third-order valence-electron chi connectivity index (χ3n) is 3.81. The van der Waals surface area contributed by atoms with Crippen LogP contribution in [0.15, 0.2) is 54.6 Å². The van der Waals surface area contributed by atoms with Crippen LogP contribution in [0.25, 0.3) is 11.1 Å². The van der Waals surface area contributed by atoms with Crippen LogP contribution in [0.5, 0.6) is 0 Å². The van der Waals surface area contributed by atoms with Crippen LogP contribution in [-0.4, -0.2) is 32.3 Å². The minimum Gasteiger partial charge on any atom is -0.385 e. The molecule has 1 unspecified atom stereocenters. The highest BCUT2D eigenvalue weighted by Crippen LogP contribution is 2.20. The highest BCUT2D eigenvalue weighted by molar-refractivity contribution is 5.65. The van der Waals surface area contributed by atoms with Gasteiger partial charge in [0.05, 0.1) is 13.2 Å². The average molecular weight is 282 g/mol. The predicted octanol–water partition coefficient (Wildman–Crippen LogP) is 3.14. The van der Waals surface area contributed by atoms with Crippen molar-refractivity contribution >= 4 is 5.69 Å². The molecule has 0 bridgehead atoms. The van der Waals surface area contributed by atoms with E-state index in [1.807, 2.05) is 6.07 Å². The summed E-state index contributed by atoms with van der Waals surface area (Å²) in [5.74, 6) is 0. The first-order valence-electron chi connectivity index (χ1n) is 7.62. The van der Waals surface area contributed by atoms with E-state index >= 15 is 0 Å². The Kier molecular flexibility index (Phi) is 4.87. The zero-order valence-corrected chi connectivity index (χ0v) is 12.2. The molecule has 0 radical (unpaired) electrons. The molecule has 1 heterocycles. The second kappa shape index (κ2) is 7.25. The van der Waals surface area contributed by atoms with Crippen LogP contribution in [0.3, 0.4) is 0 Å². The molecular weight excluding hydrogens is 260 g/mol. The molecule has 0 saturated carbocycles. The Morgan fingerprint density at radius 3 is 2.48 bits per heavy atom. The van der Waals surface area contributed by atoms with Crippen LogP contribution in [0.2, 0.25) is 0 Å². The molecule has 21 heavy (non-hydrogen) atoms. The number of hydrogen-bond acceptors (Lipinski definition) is 3. The maximum atomic E-state index is 5.46. The second-order valence-electron chi connectivity index (χ2n) is 5.38. The van der Waals surface area contributed by atoms with Gasteiger partial charge in [0.25, 0.3) is 0 Å². The van der Waals surface area contributed by atoms with Crippen molar-refractivity contribution in [1.29, 1.82) is 0 Å². The summed E-state index contributed by atoms with van der Waals surface area (Å²) in [6.07, 6.45) is 1.08.